The Morgan fingerprint density at radius 3 is 2.47 bits per heavy atom. The molecule has 0 fully saturated rings. The van der Waals surface area contributed by atoms with Crippen LogP contribution in [0.5, 0.6) is 0 Å². The molecule has 0 bridgehead atoms. The Bertz CT molecular complexity index is 513. The summed E-state index contributed by atoms with van der Waals surface area (Å²) >= 11 is 1.56. The molecule has 0 saturated heterocycles. The second kappa shape index (κ2) is 5.23. The first-order valence-electron chi connectivity index (χ1n) is 5.62. The largest absolute Gasteiger partial charge is 0.299 e. The summed E-state index contributed by atoms with van der Waals surface area (Å²) in [5, 5.41) is 2.90. The van der Waals surface area contributed by atoms with Gasteiger partial charge in [-0.1, -0.05) is 29.8 Å². The molecule has 0 amide bonds. The average molecular weight is 245 g/mol. The van der Waals surface area contributed by atoms with E-state index in [-0.39, 0.29) is 5.78 Å². The molecule has 3 heteroatoms. The van der Waals surface area contributed by atoms with Crippen LogP contribution in [0.2, 0.25) is 0 Å². The predicted molar refractivity (Wildman–Crippen MR) is 70.4 cm³/mol. The molecule has 2 nitrogen and oxygen atoms in total. The average Bonchev–Trinajstić information content (AvgIpc) is 2.67. The van der Waals surface area contributed by atoms with Crippen LogP contribution in [0.3, 0.4) is 0 Å². The van der Waals surface area contributed by atoms with Gasteiger partial charge in [-0.2, -0.15) is 0 Å². The Labute approximate surface area is 105 Å². The van der Waals surface area contributed by atoms with Gasteiger partial charge in [-0.15, -0.1) is 11.3 Å². The molecule has 2 aromatic rings. The number of Topliss-reactive ketones (excluding diaryl/α,β-unsaturated/α-hetero) is 1. The maximum atomic E-state index is 11.8. The van der Waals surface area contributed by atoms with Gasteiger partial charge in [0, 0.05) is 17.5 Å². The molecule has 1 aromatic heterocycles. The molecule has 0 aliphatic rings. The molecule has 0 saturated carbocycles. The van der Waals surface area contributed by atoms with E-state index in [4.69, 9.17) is 0 Å². The molecular weight excluding hydrogens is 230 g/mol. The Hall–Kier alpha value is -1.48. The van der Waals surface area contributed by atoms with E-state index in [0.717, 1.165) is 16.3 Å². The van der Waals surface area contributed by atoms with Gasteiger partial charge >= 0.3 is 0 Å². The fourth-order valence-corrected chi connectivity index (χ4v) is 2.45. The highest BCUT2D eigenvalue weighted by Gasteiger charge is 2.07. The summed E-state index contributed by atoms with van der Waals surface area (Å²) in [6.45, 7) is 3.99. The van der Waals surface area contributed by atoms with E-state index in [1.54, 1.807) is 11.3 Å². The smallest absolute Gasteiger partial charge is 0.144 e. The summed E-state index contributed by atoms with van der Waals surface area (Å²) in [5.41, 5.74) is 3.29. The maximum absolute atomic E-state index is 11.8. The zero-order valence-corrected chi connectivity index (χ0v) is 10.9. The van der Waals surface area contributed by atoms with Crippen molar-refractivity contribution in [3.05, 3.63) is 51.5 Å². The number of hydrogen-bond donors (Lipinski definition) is 0. The summed E-state index contributed by atoms with van der Waals surface area (Å²) in [7, 11) is 0. The summed E-state index contributed by atoms with van der Waals surface area (Å²) in [6.07, 6.45) is 0.950. The summed E-state index contributed by atoms with van der Waals surface area (Å²) < 4.78 is 0. The zero-order chi connectivity index (χ0) is 12.3. The fourth-order valence-electron chi connectivity index (χ4n) is 1.65. The molecule has 0 aliphatic heterocycles. The van der Waals surface area contributed by atoms with E-state index < -0.39 is 0 Å². The molecule has 0 spiro atoms. The molecule has 1 aromatic carbocycles. The van der Waals surface area contributed by atoms with Crippen molar-refractivity contribution in [3.63, 3.8) is 0 Å². The van der Waals surface area contributed by atoms with Crippen LogP contribution in [0, 0.1) is 13.8 Å². The number of carbonyl (C=O) groups is 1. The molecule has 2 rings (SSSR count). The second-order valence-electron chi connectivity index (χ2n) is 4.26. The molecule has 88 valence electrons. The lowest BCUT2D eigenvalue weighted by molar-refractivity contribution is -0.117. The van der Waals surface area contributed by atoms with Crippen molar-refractivity contribution in [1.29, 1.82) is 0 Å². The summed E-state index contributed by atoms with van der Waals surface area (Å²) in [6, 6.07) is 8.10. The molecule has 1 heterocycles. The van der Waals surface area contributed by atoms with Crippen molar-refractivity contribution >= 4 is 17.1 Å². The first-order chi connectivity index (χ1) is 8.13. The number of benzene rings is 1. The number of rotatable bonds is 4. The SMILES string of the molecule is Cc1ccc(CC(=O)Cc2nc(C)cs2)cc1. The third-order valence-corrected chi connectivity index (χ3v) is 3.50. The number of hydrogen-bond acceptors (Lipinski definition) is 3. The van der Waals surface area contributed by atoms with E-state index in [2.05, 4.69) is 4.98 Å². The first kappa shape index (κ1) is 12.0. The minimum Gasteiger partial charge on any atom is -0.299 e. The standard InChI is InChI=1S/C14H15NOS/c1-10-3-5-12(6-4-10)7-13(16)8-14-15-11(2)9-17-14/h3-6,9H,7-8H2,1-2H3. The number of aryl methyl sites for hydroxylation is 2. The van der Waals surface area contributed by atoms with Crippen LogP contribution in [-0.4, -0.2) is 10.8 Å². The number of nitrogens with zero attached hydrogens (tertiary/aromatic N) is 1. The number of thiazole rings is 1. The van der Waals surface area contributed by atoms with Gasteiger partial charge in [0.15, 0.2) is 0 Å². The van der Waals surface area contributed by atoms with Gasteiger partial charge in [-0.3, -0.25) is 4.79 Å². The van der Waals surface area contributed by atoms with Crippen molar-refractivity contribution in [2.45, 2.75) is 26.7 Å². The van der Waals surface area contributed by atoms with Gasteiger partial charge in [0.2, 0.25) is 0 Å². The molecule has 0 unspecified atom stereocenters. The van der Waals surface area contributed by atoms with Crippen LogP contribution >= 0.6 is 11.3 Å². The van der Waals surface area contributed by atoms with Crippen molar-refractivity contribution in [2.24, 2.45) is 0 Å². The first-order valence-corrected chi connectivity index (χ1v) is 6.50. The Kier molecular flexibility index (Phi) is 3.69. The number of ketones is 1. The molecule has 0 radical (unpaired) electrons. The highest BCUT2D eigenvalue weighted by atomic mass is 32.1. The number of carbonyl (C=O) groups excluding carboxylic acids is 1. The minimum absolute atomic E-state index is 0.225. The lowest BCUT2D eigenvalue weighted by Gasteiger charge is -2.00. The van der Waals surface area contributed by atoms with Crippen molar-refractivity contribution in [1.82, 2.24) is 4.98 Å². The van der Waals surface area contributed by atoms with E-state index in [1.165, 1.54) is 5.56 Å². The van der Waals surface area contributed by atoms with Gasteiger partial charge in [0.25, 0.3) is 0 Å². The third kappa shape index (κ3) is 3.49. The highest BCUT2D eigenvalue weighted by Crippen LogP contribution is 2.11. The summed E-state index contributed by atoms with van der Waals surface area (Å²) in [5.74, 6) is 0.225. The van der Waals surface area contributed by atoms with E-state index >= 15 is 0 Å². The molecular formula is C14H15NOS. The Morgan fingerprint density at radius 2 is 1.88 bits per heavy atom. The Morgan fingerprint density at radius 1 is 1.18 bits per heavy atom. The van der Waals surface area contributed by atoms with Crippen LogP contribution in [0.1, 0.15) is 21.8 Å². The van der Waals surface area contributed by atoms with Gasteiger partial charge in [-0.25, -0.2) is 4.98 Å². The van der Waals surface area contributed by atoms with Crippen LogP contribution in [0.4, 0.5) is 0 Å². The van der Waals surface area contributed by atoms with Crippen LogP contribution in [-0.2, 0) is 17.6 Å². The molecule has 17 heavy (non-hydrogen) atoms. The topological polar surface area (TPSA) is 30.0 Å². The molecule has 0 N–H and O–H groups in total. The van der Waals surface area contributed by atoms with Crippen molar-refractivity contribution in [2.75, 3.05) is 0 Å². The van der Waals surface area contributed by atoms with Gasteiger partial charge in [0.05, 0.1) is 6.42 Å². The third-order valence-electron chi connectivity index (χ3n) is 2.54. The number of aromatic nitrogens is 1. The Balaban J connectivity index is 1.95. The van der Waals surface area contributed by atoms with E-state index in [0.29, 0.717) is 12.8 Å². The van der Waals surface area contributed by atoms with E-state index in [1.807, 2.05) is 43.5 Å². The summed E-state index contributed by atoms with van der Waals surface area (Å²) in [4.78, 5) is 16.1. The minimum atomic E-state index is 0.225. The van der Waals surface area contributed by atoms with Gasteiger partial charge < -0.3 is 0 Å². The normalized spacial score (nSPS) is 10.5. The van der Waals surface area contributed by atoms with Crippen LogP contribution in [0.15, 0.2) is 29.6 Å². The fraction of sp³-hybridized carbons (Fsp3) is 0.286. The second-order valence-corrected chi connectivity index (χ2v) is 5.20. The van der Waals surface area contributed by atoms with Crippen LogP contribution < -0.4 is 0 Å². The predicted octanol–water partition coefficient (Wildman–Crippen LogP) is 3.11. The van der Waals surface area contributed by atoms with E-state index in [9.17, 15) is 4.79 Å². The molecule has 0 atom stereocenters. The lowest BCUT2D eigenvalue weighted by atomic mass is 10.1. The van der Waals surface area contributed by atoms with Gasteiger partial charge in [0.1, 0.15) is 10.8 Å². The highest BCUT2D eigenvalue weighted by molar-refractivity contribution is 7.09. The molecule has 0 aliphatic carbocycles. The zero-order valence-electron chi connectivity index (χ0n) is 10.1. The van der Waals surface area contributed by atoms with Crippen LogP contribution in [0.25, 0.3) is 0 Å². The quantitative estimate of drug-likeness (QED) is 0.828. The van der Waals surface area contributed by atoms with Crippen molar-refractivity contribution < 1.29 is 4.79 Å². The monoisotopic (exact) mass is 245 g/mol. The van der Waals surface area contributed by atoms with Crippen molar-refractivity contribution in [3.8, 4) is 0 Å². The lowest BCUT2D eigenvalue weighted by Crippen LogP contribution is -2.06. The van der Waals surface area contributed by atoms with Gasteiger partial charge in [-0.05, 0) is 19.4 Å². The maximum Gasteiger partial charge on any atom is 0.144 e.